The summed E-state index contributed by atoms with van der Waals surface area (Å²) in [6, 6.07) is 68.8. The summed E-state index contributed by atoms with van der Waals surface area (Å²) in [6.45, 7) is 0. The van der Waals surface area contributed by atoms with Gasteiger partial charge in [0.05, 0.1) is 16.7 Å². The minimum atomic E-state index is 0.776. The number of nitrogens with zero attached hydrogens (tertiary/aromatic N) is 3. The Balaban J connectivity index is 1.07. The van der Waals surface area contributed by atoms with Crippen LogP contribution in [0.3, 0.4) is 0 Å². The molecule has 8 aromatic carbocycles. The number of furan rings is 1. The molecule has 0 aliphatic carbocycles. The van der Waals surface area contributed by atoms with Crippen molar-refractivity contribution in [3.8, 4) is 27.9 Å². The average molecular weight is 704 g/mol. The molecule has 0 fully saturated rings. The molecular weight excluding hydrogens is 671 g/mol. The Labute approximate surface area is 317 Å². The van der Waals surface area contributed by atoms with Gasteiger partial charge in [-0.25, -0.2) is 4.98 Å². The van der Waals surface area contributed by atoms with Crippen LogP contribution in [0.1, 0.15) is 0 Å². The van der Waals surface area contributed by atoms with Gasteiger partial charge in [0.15, 0.2) is 0 Å². The maximum absolute atomic E-state index is 6.39. The van der Waals surface area contributed by atoms with E-state index in [0.717, 1.165) is 67.1 Å². The zero-order chi connectivity index (χ0) is 36.3. The third-order valence-corrected chi connectivity index (χ3v) is 10.8. The molecule has 0 bridgehead atoms. The van der Waals surface area contributed by atoms with Gasteiger partial charge >= 0.3 is 0 Å². The number of rotatable bonds is 6. The number of aromatic nitrogens is 2. The van der Waals surface area contributed by atoms with Gasteiger partial charge in [0.2, 0.25) is 0 Å². The van der Waals surface area contributed by atoms with Crippen molar-refractivity contribution < 1.29 is 4.42 Å². The summed E-state index contributed by atoms with van der Waals surface area (Å²) < 4.78 is 8.78. The van der Waals surface area contributed by atoms with Gasteiger partial charge in [-0.05, 0) is 76.0 Å². The van der Waals surface area contributed by atoms with Gasteiger partial charge in [-0.1, -0.05) is 140 Å². The van der Waals surface area contributed by atoms with Crippen LogP contribution in [-0.2, 0) is 0 Å². The number of pyridine rings is 1. The molecule has 0 saturated heterocycles. The molecule has 0 aliphatic heterocycles. The highest BCUT2D eigenvalue weighted by molar-refractivity contribution is 6.21. The molecule has 0 atom stereocenters. The zero-order valence-electron chi connectivity index (χ0n) is 29.8. The van der Waals surface area contributed by atoms with Gasteiger partial charge in [0.25, 0.3) is 0 Å². The fourth-order valence-corrected chi connectivity index (χ4v) is 8.30. The maximum atomic E-state index is 6.39. The van der Waals surface area contributed by atoms with Gasteiger partial charge in [-0.2, -0.15) is 0 Å². The average Bonchev–Trinajstić information content (AvgIpc) is 3.80. The van der Waals surface area contributed by atoms with Crippen LogP contribution in [0.5, 0.6) is 0 Å². The first-order valence-electron chi connectivity index (χ1n) is 18.6. The van der Waals surface area contributed by atoms with E-state index in [-0.39, 0.29) is 0 Å². The summed E-state index contributed by atoms with van der Waals surface area (Å²) in [6.07, 6.45) is 1.94. The summed E-state index contributed by atoms with van der Waals surface area (Å²) in [4.78, 5) is 7.36. The predicted molar refractivity (Wildman–Crippen MR) is 229 cm³/mol. The molecular formula is C51H33N3O. The number of fused-ring (bicyclic) bond motifs is 8. The topological polar surface area (TPSA) is 34.2 Å². The molecule has 258 valence electrons. The molecule has 0 saturated carbocycles. The Bertz CT molecular complexity index is 3210. The van der Waals surface area contributed by atoms with E-state index in [4.69, 9.17) is 9.40 Å². The lowest BCUT2D eigenvalue weighted by Gasteiger charge is -2.27. The van der Waals surface area contributed by atoms with E-state index in [1.165, 1.54) is 32.6 Å². The Morgan fingerprint density at radius 3 is 2.07 bits per heavy atom. The smallest absolute Gasteiger partial charge is 0.141 e. The van der Waals surface area contributed by atoms with E-state index in [2.05, 4.69) is 185 Å². The molecule has 11 aromatic rings. The van der Waals surface area contributed by atoms with E-state index in [9.17, 15) is 0 Å². The quantitative estimate of drug-likeness (QED) is 0.173. The van der Waals surface area contributed by atoms with Crippen molar-refractivity contribution in [1.82, 2.24) is 9.55 Å². The number of hydrogen-bond acceptors (Lipinski definition) is 3. The van der Waals surface area contributed by atoms with Crippen LogP contribution in [0, 0.1) is 0 Å². The Morgan fingerprint density at radius 2 is 1.18 bits per heavy atom. The second-order valence-electron chi connectivity index (χ2n) is 14.0. The Hall–Kier alpha value is -7.43. The summed E-state index contributed by atoms with van der Waals surface area (Å²) in [5.74, 6) is 0.776. The standard InChI is InChI=1S/C51H33N3O/c1-2-13-34(14-3-1)37-16-12-17-39(31-37)54(50-32-49-44(33-52-50)42-20-8-11-24-48(42)55-49)45-22-9-6-18-40(45)36-25-28-38(29-26-36)53-46-23-10-7-21-43(46)51-41-19-5-4-15-35(41)27-30-47(51)53/h1-33H. The molecule has 3 aromatic heterocycles. The first kappa shape index (κ1) is 31.1. The fraction of sp³-hybridized carbons (Fsp3) is 0. The van der Waals surface area contributed by atoms with Crippen LogP contribution in [0.2, 0.25) is 0 Å². The van der Waals surface area contributed by atoms with Crippen LogP contribution in [0.25, 0.3) is 82.5 Å². The molecule has 0 spiro atoms. The maximum Gasteiger partial charge on any atom is 0.141 e. The highest BCUT2D eigenvalue weighted by atomic mass is 16.3. The third kappa shape index (κ3) is 5.11. The highest BCUT2D eigenvalue weighted by Gasteiger charge is 2.21. The van der Waals surface area contributed by atoms with Crippen LogP contribution in [-0.4, -0.2) is 9.55 Å². The minimum absolute atomic E-state index is 0.776. The van der Waals surface area contributed by atoms with Crippen molar-refractivity contribution in [2.75, 3.05) is 4.90 Å². The largest absolute Gasteiger partial charge is 0.456 e. The lowest BCUT2D eigenvalue weighted by atomic mass is 10.0. The first-order chi connectivity index (χ1) is 27.3. The molecule has 11 rings (SSSR count). The van der Waals surface area contributed by atoms with E-state index >= 15 is 0 Å². The van der Waals surface area contributed by atoms with Crippen molar-refractivity contribution in [3.05, 3.63) is 200 Å². The van der Waals surface area contributed by atoms with Gasteiger partial charge in [-0.3, -0.25) is 4.90 Å². The lowest BCUT2D eigenvalue weighted by Crippen LogP contribution is -2.12. The Kier molecular flexibility index (Phi) is 7.14. The molecule has 55 heavy (non-hydrogen) atoms. The number of benzene rings is 8. The van der Waals surface area contributed by atoms with E-state index in [0.29, 0.717) is 0 Å². The second-order valence-corrected chi connectivity index (χ2v) is 14.0. The van der Waals surface area contributed by atoms with E-state index < -0.39 is 0 Å². The van der Waals surface area contributed by atoms with Crippen molar-refractivity contribution in [2.45, 2.75) is 0 Å². The molecule has 0 amide bonds. The van der Waals surface area contributed by atoms with E-state index in [1.54, 1.807) is 0 Å². The highest BCUT2D eigenvalue weighted by Crippen LogP contribution is 2.43. The SMILES string of the molecule is c1ccc(-c2cccc(N(c3cc4oc5ccccc5c4cn3)c3ccccc3-c3ccc(-n4c5ccccc5c5c6ccccc6ccc54)cc3)c2)cc1. The van der Waals surface area contributed by atoms with Gasteiger partial charge in [-0.15, -0.1) is 0 Å². The molecule has 0 radical (unpaired) electrons. The third-order valence-electron chi connectivity index (χ3n) is 10.8. The second kappa shape index (κ2) is 12.6. The molecule has 4 nitrogen and oxygen atoms in total. The van der Waals surface area contributed by atoms with Crippen LogP contribution in [0.15, 0.2) is 205 Å². The van der Waals surface area contributed by atoms with Crippen LogP contribution >= 0.6 is 0 Å². The van der Waals surface area contributed by atoms with E-state index in [1.807, 2.05) is 24.4 Å². The molecule has 3 heterocycles. The van der Waals surface area contributed by atoms with Crippen molar-refractivity contribution in [3.63, 3.8) is 0 Å². The van der Waals surface area contributed by atoms with Crippen LogP contribution in [0.4, 0.5) is 17.2 Å². The van der Waals surface area contributed by atoms with Crippen molar-refractivity contribution in [1.29, 1.82) is 0 Å². The summed E-state index contributed by atoms with van der Waals surface area (Å²) in [5.41, 5.74) is 11.7. The normalized spacial score (nSPS) is 11.6. The van der Waals surface area contributed by atoms with Crippen molar-refractivity contribution in [2.24, 2.45) is 0 Å². The van der Waals surface area contributed by atoms with Crippen molar-refractivity contribution >= 4 is 71.7 Å². The number of anilines is 3. The number of para-hydroxylation sites is 3. The first-order valence-corrected chi connectivity index (χ1v) is 18.6. The molecule has 4 heteroatoms. The lowest BCUT2D eigenvalue weighted by molar-refractivity contribution is 0.668. The molecule has 0 unspecified atom stereocenters. The molecule has 0 N–H and O–H groups in total. The fourth-order valence-electron chi connectivity index (χ4n) is 8.30. The molecule has 0 aliphatic rings. The predicted octanol–water partition coefficient (Wildman–Crippen LogP) is 14.0. The van der Waals surface area contributed by atoms with Gasteiger partial charge in [0, 0.05) is 50.7 Å². The van der Waals surface area contributed by atoms with Gasteiger partial charge < -0.3 is 8.98 Å². The van der Waals surface area contributed by atoms with Crippen LogP contribution < -0.4 is 4.90 Å². The Morgan fingerprint density at radius 1 is 0.455 bits per heavy atom. The van der Waals surface area contributed by atoms with Gasteiger partial charge in [0.1, 0.15) is 17.0 Å². The summed E-state index contributed by atoms with van der Waals surface area (Å²) in [5, 5.41) is 7.12. The zero-order valence-corrected chi connectivity index (χ0v) is 29.8. The number of hydrogen-bond donors (Lipinski definition) is 0. The summed E-state index contributed by atoms with van der Waals surface area (Å²) >= 11 is 0. The monoisotopic (exact) mass is 703 g/mol. The minimum Gasteiger partial charge on any atom is -0.456 e. The summed E-state index contributed by atoms with van der Waals surface area (Å²) in [7, 11) is 0.